The minimum atomic E-state index is -1.31. The van der Waals surface area contributed by atoms with Gasteiger partial charge in [-0.3, -0.25) is 4.90 Å². The monoisotopic (exact) mass is 435 g/mol. The van der Waals surface area contributed by atoms with Crippen molar-refractivity contribution >= 4 is 11.8 Å². The van der Waals surface area contributed by atoms with Crippen LogP contribution < -0.4 is 4.90 Å². The maximum absolute atomic E-state index is 13.2. The average molecular weight is 436 g/mol. The first-order valence-corrected chi connectivity index (χ1v) is 11.2. The Kier molecular flexibility index (Phi) is 5.32. The second-order valence-corrected chi connectivity index (χ2v) is 9.03. The van der Waals surface area contributed by atoms with Crippen LogP contribution in [0, 0.1) is 5.92 Å². The summed E-state index contributed by atoms with van der Waals surface area (Å²) in [5.74, 6) is -0.294. The van der Waals surface area contributed by atoms with E-state index < -0.39 is 23.3 Å². The molecule has 2 N–H and O–H groups in total. The number of cyclic esters (lactones) is 1. The van der Waals surface area contributed by atoms with E-state index in [2.05, 4.69) is 6.58 Å². The van der Waals surface area contributed by atoms with Crippen molar-refractivity contribution in [3.63, 3.8) is 0 Å². The van der Waals surface area contributed by atoms with Gasteiger partial charge < -0.3 is 19.7 Å². The number of carbonyl (C=O) groups is 1. The van der Waals surface area contributed by atoms with Crippen molar-refractivity contribution < 1.29 is 24.5 Å². The molecule has 2 aromatic carbocycles. The number of aliphatic hydroxyl groups excluding tert-OH is 1. The highest BCUT2D eigenvalue weighted by Gasteiger charge is 2.71. The smallest absolute Gasteiger partial charge is 0.415 e. The molecule has 0 bridgehead atoms. The van der Waals surface area contributed by atoms with Crippen LogP contribution in [0.25, 0.3) is 0 Å². The summed E-state index contributed by atoms with van der Waals surface area (Å²) >= 11 is 0. The average Bonchev–Trinajstić information content (AvgIpc) is 3.04. The van der Waals surface area contributed by atoms with Gasteiger partial charge in [0.1, 0.15) is 11.7 Å². The number of benzene rings is 2. The van der Waals surface area contributed by atoms with Crippen LogP contribution in [0.15, 0.2) is 67.3 Å². The van der Waals surface area contributed by atoms with Gasteiger partial charge in [-0.05, 0) is 30.9 Å². The van der Waals surface area contributed by atoms with Crippen LogP contribution in [-0.4, -0.2) is 40.7 Å². The predicted molar refractivity (Wildman–Crippen MR) is 120 cm³/mol. The number of fused-ring (bicyclic) bond motifs is 2. The molecule has 168 valence electrons. The summed E-state index contributed by atoms with van der Waals surface area (Å²) in [7, 11) is 0. The Morgan fingerprint density at radius 1 is 1.19 bits per heavy atom. The molecular weight excluding hydrogens is 406 g/mol. The topological polar surface area (TPSA) is 79.2 Å². The van der Waals surface area contributed by atoms with Gasteiger partial charge in [0.25, 0.3) is 0 Å². The standard InChI is InChI=1S/C26H29NO5/c1-2-13-26(30)20-10-6-7-11-22(20)27-24(29)32-23(16-28)21-15-19(12-14-25(21,26)27)31-17-18-8-4-3-5-9-18/h2-11,19,21,23,28,30H,1,12-17H2/t19-,21-,23?,25-,26-/m1/s1. The molecule has 0 radical (unpaired) electrons. The summed E-state index contributed by atoms with van der Waals surface area (Å²) < 4.78 is 11.9. The highest BCUT2D eigenvalue weighted by molar-refractivity contribution is 5.95. The summed E-state index contributed by atoms with van der Waals surface area (Å²) in [6, 6.07) is 17.5. The van der Waals surface area contributed by atoms with Crippen molar-refractivity contribution in [1.82, 2.24) is 0 Å². The van der Waals surface area contributed by atoms with Gasteiger partial charge in [0, 0.05) is 17.9 Å². The van der Waals surface area contributed by atoms with E-state index >= 15 is 0 Å². The van der Waals surface area contributed by atoms with Crippen LogP contribution in [0.1, 0.15) is 36.8 Å². The zero-order chi connectivity index (χ0) is 22.3. The Hall–Kier alpha value is -2.67. The second kappa shape index (κ2) is 8.03. The van der Waals surface area contributed by atoms with Crippen molar-refractivity contribution in [2.75, 3.05) is 11.5 Å². The number of rotatable bonds is 6. The first-order chi connectivity index (χ1) is 15.5. The maximum atomic E-state index is 13.2. The molecule has 3 aliphatic rings. The molecule has 32 heavy (non-hydrogen) atoms. The first kappa shape index (κ1) is 21.2. The van der Waals surface area contributed by atoms with E-state index in [1.54, 1.807) is 11.0 Å². The van der Waals surface area contributed by atoms with Crippen molar-refractivity contribution in [1.29, 1.82) is 0 Å². The van der Waals surface area contributed by atoms with Gasteiger partial charge in [0.05, 0.1) is 30.5 Å². The number of aliphatic hydroxyl groups is 2. The molecule has 2 fully saturated rings. The van der Waals surface area contributed by atoms with E-state index in [0.717, 1.165) is 5.56 Å². The summed E-state index contributed by atoms with van der Waals surface area (Å²) in [5.41, 5.74) is 0.253. The number of nitrogens with zero attached hydrogens (tertiary/aromatic N) is 1. The summed E-state index contributed by atoms with van der Waals surface area (Å²) in [6.07, 6.45) is 2.55. The van der Waals surface area contributed by atoms with Crippen molar-refractivity contribution in [2.45, 2.75) is 55.6 Å². The Morgan fingerprint density at radius 2 is 1.94 bits per heavy atom. The van der Waals surface area contributed by atoms with Crippen LogP contribution in [-0.2, 0) is 21.7 Å². The van der Waals surface area contributed by atoms with Gasteiger partial charge in [-0.1, -0.05) is 54.6 Å². The van der Waals surface area contributed by atoms with E-state index in [-0.39, 0.29) is 18.6 Å². The fourth-order valence-electron chi connectivity index (χ4n) is 6.19. The van der Waals surface area contributed by atoms with Gasteiger partial charge >= 0.3 is 6.09 Å². The fourth-order valence-corrected chi connectivity index (χ4v) is 6.19. The quantitative estimate of drug-likeness (QED) is 0.673. The minimum Gasteiger partial charge on any atom is -0.443 e. The Bertz CT molecular complexity index is 1010. The number of hydrogen-bond donors (Lipinski definition) is 2. The zero-order valence-electron chi connectivity index (χ0n) is 18.0. The highest BCUT2D eigenvalue weighted by atomic mass is 16.6. The Morgan fingerprint density at radius 3 is 2.69 bits per heavy atom. The third-order valence-corrected chi connectivity index (χ3v) is 7.52. The molecular formula is C26H29NO5. The van der Waals surface area contributed by atoms with E-state index in [9.17, 15) is 15.0 Å². The predicted octanol–water partition coefficient (Wildman–Crippen LogP) is 3.91. The van der Waals surface area contributed by atoms with Crippen LogP contribution in [0.3, 0.4) is 0 Å². The molecule has 5 atom stereocenters. The van der Waals surface area contributed by atoms with E-state index in [1.165, 1.54) is 0 Å². The lowest BCUT2D eigenvalue weighted by Gasteiger charge is -2.58. The van der Waals surface area contributed by atoms with E-state index in [1.807, 2.05) is 54.6 Å². The third kappa shape index (κ3) is 2.94. The van der Waals surface area contributed by atoms with Gasteiger partial charge in [-0.2, -0.15) is 0 Å². The summed E-state index contributed by atoms with van der Waals surface area (Å²) in [4.78, 5) is 14.8. The van der Waals surface area contributed by atoms with Crippen LogP contribution >= 0.6 is 0 Å². The van der Waals surface area contributed by atoms with Gasteiger partial charge in [-0.25, -0.2) is 4.79 Å². The van der Waals surface area contributed by atoms with Crippen LogP contribution in [0.5, 0.6) is 0 Å². The molecule has 2 aliphatic heterocycles. The summed E-state index contributed by atoms with van der Waals surface area (Å²) in [5, 5.41) is 22.3. The molecule has 1 unspecified atom stereocenters. The molecule has 0 aromatic heterocycles. The first-order valence-electron chi connectivity index (χ1n) is 11.2. The molecule has 2 aromatic rings. The second-order valence-electron chi connectivity index (χ2n) is 9.03. The normalized spacial score (nSPS) is 33.1. The number of anilines is 1. The van der Waals surface area contributed by atoms with Gasteiger partial charge in [0.2, 0.25) is 0 Å². The number of amides is 1. The number of hydrogen-bond acceptors (Lipinski definition) is 5. The Labute approximate surface area is 188 Å². The van der Waals surface area contributed by atoms with Crippen molar-refractivity contribution in [3.8, 4) is 0 Å². The fraction of sp³-hybridized carbons (Fsp3) is 0.423. The minimum absolute atomic E-state index is 0.0600. The molecule has 1 aliphatic carbocycles. The van der Waals surface area contributed by atoms with Crippen LogP contribution in [0.2, 0.25) is 0 Å². The molecule has 1 saturated carbocycles. The van der Waals surface area contributed by atoms with Gasteiger partial charge in [-0.15, -0.1) is 6.58 Å². The van der Waals surface area contributed by atoms with Gasteiger partial charge in [0.15, 0.2) is 0 Å². The summed E-state index contributed by atoms with van der Waals surface area (Å²) in [6.45, 7) is 4.08. The van der Waals surface area contributed by atoms with E-state index in [0.29, 0.717) is 43.5 Å². The van der Waals surface area contributed by atoms with Crippen molar-refractivity contribution in [2.24, 2.45) is 5.92 Å². The highest BCUT2D eigenvalue weighted by Crippen LogP contribution is 2.62. The molecule has 2 heterocycles. The lowest BCUT2D eigenvalue weighted by molar-refractivity contribution is -0.151. The molecule has 5 rings (SSSR count). The third-order valence-electron chi connectivity index (χ3n) is 7.52. The number of ether oxygens (including phenoxy) is 2. The SMILES string of the molecule is C=CC[C@@]1(O)c2ccccc2N2C(=O)OC(CO)[C@H]3C[C@H](OCc4ccccc4)CC[C@]321. The maximum Gasteiger partial charge on any atom is 0.415 e. The lowest BCUT2D eigenvalue weighted by atomic mass is 9.59. The van der Waals surface area contributed by atoms with E-state index in [4.69, 9.17) is 9.47 Å². The number of para-hydroxylation sites is 1. The Balaban J connectivity index is 1.52. The molecule has 1 spiro atoms. The van der Waals surface area contributed by atoms with Crippen LogP contribution in [0.4, 0.5) is 10.5 Å². The molecule has 6 heteroatoms. The molecule has 1 amide bonds. The molecule has 1 saturated heterocycles. The zero-order valence-corrected chi connectivity index (χ0v) is 18.0. The largest absolute Gasteiger partial charge is 0.443 e. The van der Waals surface area contributed by atoms with Crippen molar-refractivity contribution in [3.05, 3.63) is 78.4 Å². The number of carbonyl (C=O) groups excluding carboxylic acids is 1. The molecule has 6 nitrogen and oxygen atoms in total. The lowest BCUT2D eigenvalue weighted by Crippen LogP contribution is -2.72.